The third-order valence-corrected chi connectivity index (χ3v) is 2.92. The van der Waals surface area contributed by atoms with E-state index in [1.54, 1.807) is 6.20 Å². The molecule has 2 atom stereocenters. The average molecular weight is 259 g/mol. The summed E-state index contributed by atoms with van der Waals surface area (Å²) in [6.07, 6.45) is 4.59. The molecule has 6 heteroatoms. The van der Waals surface area contributed by atoms with Gasteiger partial charge in [0.05, 0.1) is 11.7 Å². The lowest BCUT2D eigenvalue weighted by Gasteiger charge is -2.16. The fourth-order valence-electron chi connectivity index (χ4n) is 1.41. The molecule has 0 radical (unpaired) electrons. The number of aliphatic hydroxyl groups is 1. The Morgan fingerprint density at radius 2 is 2.41 bits per heavy atom. The Labute approximate surface area is 107 Å². The molecule has 0 amide bonds. The molecule has 1 rings (SSSR count). The lowest BCUT2D eigenvalue weighted by molar-refractivity contribution is 0.102. The number of ether oxygens (including phenoxy) is 1. The van der Waals surface area contributed by atoms with Crippen LogP contribution < -0.4 is 10.1 Å². The summed E-state index contributed by atoms with van der Waals surface area (Å²) in [5.74, 6) is 0.480. The molecule has 0 aliphatic rings. The van der Waals surface area contributed by atoms with E-state index in [1.165, 1.54) is 12.8 Å². The normalized spacial score (nSPS) is 14.5. The summed E-state index contributed by atoms with van der Waals surface area (Å²) in [6.45, 7) is 5.10. The zero-order valence-corrected chi connectivity index (χ0v) is 11.2. The van der Waals surface area contributed by atoms with Gasteiger partial charge in [-0.1, -0.05) is 19.8 Å². The Kier molecular flexibility index (Phi) is 7.07. The van der Waals surface area contributed by atoms with Crippen molar-refractivity contribution in [1.82, 2.24) is 14.1 Å². The molecule has 98 valence electrons. The predicted octanol–water partition coefficient (Wildman–Crippen LogP) is 1.45. The first-order chi connectivity index (χ1) is 8.22. The van der Waals surface area contributed by atoms with Crippen molar-refractivity contribution in [3.8, 4) is 5.88 Å². The smallest absolute Gasteiger partial charge is 0.245 e. The van der Waals surface area contributed by atoms with Crippen molar-refractivity contribution in [3.05, 3.63) is 6.20 Å². The van der Waals surface area contributed by atoms with Crippen LogP contribution in [0.1, 0.15) is 33.1 Å². The van der Waals surface area contributed by atoms with Crippen LogP contribution in [-0.2, 0) is 0 Å². The van der Waals surface area contributed by atoms with Crippen molar-refractivity contribution in [2.45, 2.75) is 45.3 Å². The second-order valence-corrected chi connectivity index (χ2v) is 4.72. The van der Waals surface area contributed by atoms with Gasteiger partial charge in [-0.15, -0.1) is 4.37 Å². The van der Waals surface area contributed by atoms with Gasteiger partial charge in [-0.2, -0.15) is 4.37 Å². The molecule has 2 unspecified atom stereocenters. The second-order valence-electron chi connectivity index (χ2n) is 4.16. The number of aliphatic hydroxyl groups excluding tert-OH is 1. The van der Waals surface area contributed by atoms with Crippen LogP contribution in [0, 0.1) is 0 Å². The van der Waals surface area contributed by atoms with Gasteiger partial charge in [0.25, 0.3) is 0 Å². The van der Waals surface area contributed by atoms with E-state index in [9.17, 15) is 5.11 Å². The van der Waals surface area contributed by atoms with Crippen molar-refractivity contribution in [2.75, 3.05) is 13.2 Å². The summed E-state index contributed by atoms with van der Waals surface area (Å²) >= 11 is 1.10. The van der Waals surface area contributed by atoms with Crippen molar-refractivity contribution < 1.29 is 9.84 Å². The fraction of sp³-hybridized carbons (Fsp3) is 0.818. The number of unbranched alkanes of at least 4 members (excludes halogenated alkanes) is 1. The lowest BCUT2D eigenvalue weighted by Crippen LogP contribution is -2.36. The van der Waals surface area contributed by atoms with Gasteiger partial charge in [-0.05, 0) is 13.3 Å². The quantitative estimate of drug-likeness (QED) is 0.702. The summed E-state index contributed by atoms with van der Waals surface area (Å²) in [5.41, 5.74) is 0. The molecular formula is C11H21N3O2S. The zero-order valence-electron chi connectivity index (χ0n) is 10.4. The monoisotopic (exact) mass is 259 g/mol. The highest BCUT2D eigenvalue weighted by Gasteiger charge is 2.08. The number of nitrogens with zero attached hydrogens (tertiary/aromatic N) is 2. The second kappa shape index (κ2) is 8.38. The minimum absolute atomic E-state index is 0.249. The molecule has 0 aliphatic heterocycles. The van der Waals surface area contributed by atoms with E-state index in [0.29, 0.717) is 18.5 Å². The molecular weight excluding hydrogens is 238 g/mol. The maximum atomic E-state index is 9.69. The first-order valence-corrected chi connectivity index (χ1v) is 6.77. The summed E-state index contributed by atoms with van der Waals surface area (Å²) in [7, 11) is 0. The van der Waals surface area contributed by atoms with Gasteiger partial charge in [-0.25, -0.2) is 0 Å². The van der Waals surface area contributed by atoms with Crippen molar-refractivity contribution in [1.29, 1.82) is 0 Å². The van der Waals surface area contributed by atoms with Crippen LogP contribution in [0.4, 0.5) is 0 Å². The van der Waals surface area contributed by atoms with E-state index in [2.05, 4.69) is 27.9 Å². The molecule has 0 saturated heterocycles. The number of hydrogen-bond donors (Lipinski definition) is 2. The Bertz CT molecular complexity index is 282. The molecule has 1 heterocycles. The highest BCUT2D eigenvalue weighted by Crippen LogP contribution is 2.05. The van der Waals surface area contributed by atoms with Crippen LogP contribution in [0.15, 0.2) is 6.20 Å². The molecule has 1 aromatic heterocycles. The maximum Gasteiger partial charge on any atom is 0.245 e. The van der Waals surface area contributed by atoms with E-state index in [-0.39, 0.29) is 6.61 Å². The highest BCUT2D eigenvalue weighted by atomic mass is 32.1. The first-order valence-electron chi connectivity index (χ1n) is 6.04. The summed E-state index contributed by atoms with van der Waals surface area (Å²) in [5, 5.41) is 13.0. The Morgan fingerprint density at radius 1 is 1.59 bits per heavy atom. The Balaban J connectivity index is 2.06. The van der Waals surface area contributed by atoms with Gasteiger partial charge in [0.1, 0.15) is 18.9 Å². The number of aromatic nitrogens is 2. The van der Waals surface area contributed by atoms with Gasteiger partial charge in [0.2, 0.25) is 5.88 Å². The largest absolute Gasteiger partial charge is 0.473 e. The fourth-order valence-corrected chi connectivity index (χ4v) is 1.77. The van der Waals surface area contributed by atoms with Crippen LogP contribution in [0.25, 0.3) is 0 Å². The van der Waals surface area contributed by atoms with E-state index < -0.39 is 6.10 Å². The van der Waals surface area contributed by atoms with Crippen molar-refractivity contribution in [3.63, 3.8) is 0 Å². The van der Waals surface area contributed by atoms with Crippen LogP contribution in [-0.4, -0.2) is 39.2 Å². The number of nitrogens with one attached hydrogen (secondary N) is 1. The van der Waals surface area contributed by atoms with E-state index >= 15 is 0 Å². The van der Waals surface area contributed by atoms with E-state index in [1.807, 2.05) is 0 Å². The standard InChI is InChI=1S/C11H21N3O2S/c1-3-4-5-9(2)12-6-10(15)8-16-11-7-13-17-14-11/h7,9-10,12,15H,3-6,8H2,1-2H3. The minimum atomic E-state index is -0.513. The first kappa shape index (κ1) is 14.3. The van der Waals surface area contributed by atoms with Gasteiger partial charge in [0.15, 0.2) is 0 Å². The molecule has 0 aliphatic carbocycles. The molecule has 5 nitrogen and oxygen atoms in total. The molecule has 1 aromatic rings. The Morgan fingerprint density at radius 3 is 3.06 bits per heavy atom. The minimum Gasteiger partial charge on any atom is -0.473 e. The highest BCUT2D eigenvalue weighted by molar-refractivity contribution is 6.99. The molecule has 2 N–H and O–H groups in total. The van der Waals surface area contributed by atoms with Gasteiger partial charge >= 0.3 is 0 Å². The molecule has 0 saturated carbocycles. The molecule has 0 bridgehead atoms. The summed E-state index contributed by atoms with van der Waals surface area (Å²) in [4.78, 5) is 0. The maximum absolute atomic E-state index is 9.69. The molecule has 17 heavy (non-hydrogen) atoms. The molecule has 0 aromatic carbocycles. The van der Waals surface area contributed by atoms with Crippen LogP contribution in [0.5, 0.6) is 5.88 Å². The van der Waals surface area contributed by atoms with Crippen LogP contribution in [0.3, 0.4) is 0 Å². The topological polar surface area (TPSA) is 67.3 Å². The van der Waals surface area contributed by atoms with Gasteiger partial charge < -0.3 is 15.2 Å². The van der Waals surface area contributed by atoms with Gasteiger partial charge in [0, 0.05) is 12.6 Å². The third kappa shape index (κ3) is 6.55. The van der Waals surface area contributed by atoms with Gasteiger partial charge in [-0.3, -0.25) is 0 Å². The zero-order chi connectivity index (χ0) is 12.5. The summed E-state index contributed by atoms with van der Waals surface area (Å²) in [6, 6.07) is 0.436. The molecule has 0 spiro atoms. The average Bonchev–Trinajstić information content (AvgIpc) is 2.84. The van der Waals surface area contributed by atoms with E-state index in [0.717, 1.165) is 18.1 Å². The predicted molar refractivity (Wildman–Crippen MR) is 68.4 cm³/mol. The van der Waals surface area contributed by atoms with Crippen molar-refractivity contribution >= 4 is 11.7 Å². The lowest BCUT2D eigenvalue weighted by atomic mass is 10.1. The van der Waals surface area contributed by atoms with Crippen LogP contribution in [0.2, 0.25) is 0 Å². The Hall–Kier alpha value is -0.720. The SMILES string of the molecule is CCCCC(C)NCC(O)COc1cnsn1. The molecule has 0 fully saturated rings. The summed E-state index contributed by atoms with van der Waals surface area (Å²) < 4.78 is 13.0. The number of rotatable bonds is 9. The van der Waals surface area contributed by atoms with E-state index in [4.69, 9.17) is 4.74 Å². The van der Waals surface area contributed by atoms with Crippen LogP contribution >= 0.6 is 11.7 Å². The number of hydrogen-bond acceptors (Lipinski definition) is 6. The van der Waals surface area contributed by atoms with Crippen molar-refractivity contribution in [2.24, 2.45) is 0 Å². The third-order valence-electron chi connectivity index (χ3n) is 2.46.